The van der Waals surface area contributed by atoms with Gasteiger partial charge in [-0.05, 0) is 50.3 Å². The lowest BCUT2D eigenvalue weighted by atomic mass is 10.1. The lowest BCUT2D eigenvalue weighted by molar-refractivity contribution is -0.154. The second-order valence-electron chi connectivity index (χ2n) is 9.34. The van der Waals surface area contributed by atoms with Crippen LogP contribution in [0.25, 0.3) is 0 Å². The smallest absolute Gasteiger partial charge is 0.422 e. The minimum Gasteiger partial charge on any atom is -0.468 e. The van der Waals surface area contributed by atoms with Gasteiger partial charge in [0.2, 0.25) is 5.88 Å². The van der Waals surface area contributed by atoms with Crippen LogP contribution in [0.1, 0.15) is 59.9 Å². The minimum absolute atomic E-state index is 0.0239. The summed E-state index contributed by atoms with van der Waals surface area (Å²) in [6.45, 7) is 2.71. The van der Waals surface area contributed by atoms with Gasteiger partial charge in [-0.2, -0.15) is 13.2 Å². The normalized spacial score (nSPS) is 16.0. The third-order valence-electron chi connectivity index (χ3n) is 6.48. The summed E-state index contributed by atoms with van der Waals surface area (Å²) in [6, 6.07) is 5.79. The molecule has 7 nitrogen and oxygen atoms in total. The van der Waals surface area contributed by atoms with Crippen LogP contribution in [0.2, 0.25) is 0 Å². The molecule has 3 heterocycles. The first-order valence-electron chi connectivity index (χ1n) is 12.5. The molecule has 0 saturated heterocycles. The summed E-state index contributed by atoms with van der Waals surface area (Å²) in [7, 11) is 1.63. The number of methoxy groups -OCH3 is 1. The van der Waals surface area contributed by atoms with E-state index < -0.39 is 30.8 Å². The van der Waals surface area contributed by atoms with E-state index in [1.54, 1.807) is 13.2 Å². The topological polar surface area (TPSA) is 76.6 Å². The number of carbonyl (C=O) groups excluding carboxylic acids is 1. The molecule has 0 saturated carbocycles. The maximum Gasteiger partial charge on any atom is 0.422 e. The summed E-state index contributed by atoms with van der Waals surface area (Å²) in [5.41, 5.74) is 1.09. The number of aromatic nitrogens is 2. The van der Waals surface area contributed by atoms with Crippen molar-refractivity contribution in [1.29, 1.82) is 0 Å². The summed E-state index contributed by atoms with van der Waals surface area (Å²) in [5.74, 6) is -0.608. The van der Waals surface area contributed by atoms with Crippen LogP contribution in [0.3, 0.4) is 0 Å². The van der Waals surface area contributed by atoms with Crippen molar-refractivity contribution in [2.24, 2.45) is 0 Å². The molecule has 1 amide bonds. The second-order valence-corrected chi connectivity index (χ2v) is 9.34. The van der Waals surface area contributed by atoms with E-state index in [0.29, 0.717) is 25.8 Å². The van der Waals surface area contributed by atoms with E-state index in [4.69, 9.17) is 9.47 Å². The number of nitrogens with zero attached hydrogens (tertiary/aromatic N) is 3. The summed E-state index contributed by atoms with van der Waals surface area (Å²) in [5, 5.41) is 2.76. The van der Waals surface area contributed by atoms with E-state index in [-0.39, 0.29) is 23.6 Å². The van der Waals surface area contributed by atoms with Gasteiger partial charge in [0.1, 0.15) is 5.69 Å². The molecule has 38 heavy (non-hydrogen) atoms. The SMILES string of the molecule is COC(CCC(C)NC(=O)c1cccnc1C(F)F)CCN1CCc2ccc(OCC(F)(F)F)nc2CC1. The molecule has 1 aliphatic heterocycles. The summed E-state index contributed by atoms with van der Waals surface area (Å²) in [4.78, 5) is 22.6. The molecule has 210 valence electrons. The van der Waals surface area contributed by atoms with Crippen molar-refractivity contribution in [2.75, 3.05) is 33.4 Å². The molecule has 1 aliphatic rings. The van der Waals surface area contributed by atoms with Crippen molar-refractivity contribution < 1.29 is 36.2 Å². The summed E-state index contributed by atoms with van der Waals surface area (Å²) in [6.07, 6.45) is -2.72. The number of carbonyl (C=O) groups is 1. The Kier molecular flexibility index (Phi) is 10.8. The largest absolute Gasteiger partial charge is 0.468 e. The minimum atomic E-state index is -4.41. The lowest BCUT2D eigenvalue weighted by Crippen LogP contribution is -2.35. The molecule has 2 unspecified atom stereocenters. The van der Waals surface area contributed by atoms with Gasteiger partial charge in [0.15, 0.2) is 6.61 Å². The fourth-order valence-corrected chi connectivity index (χ4v) is 4.37. The quantitative estimate of drug-likeness (QED) is 0.389. The number of nitrogens with one attached hydrogen (secondary N) is 1. The molecular weight excluding hydrogens is 511 g/mol. The highest BCUT2D eigenvalue weighted by Gasteiger charge is 2.29. The van der Waals surface area contributed by atoms with Crippen molar-refractivity contribution in [1.82, 2.24) is 20.2 Å². The van der Waals surface area contributed by atoms with Gasteiger partial charge in [0.05, 0.1) is 11.7 Å². The highest BCUT2D eigenvalue weighted by molar-refractivity contribution is 5.95. The molecule has 1 N–H and O–H groups in total. The van der Waals surface area contributed by atoms with Crippen LogP contribution in [0.15, 0.2) is 30.5 Å². The number of ether oxygens (including phenoxy) is 2. The summed E-state index contributed by atoms with van der Waals surface area (Å²) < 4.78 is 74.0. The molecule has 12 heteroatoms. The van der Waals surface area contributed by atoms with Gasteiger partial charge < -0.3 is 19.7 Å². The van der Waals surface area contributed by atoms with Gasteiger partial charge in [-0.1, -0.05) is 6.07 Å². The number of pyridine rings is 2. The van der Waals surface area contributed by atoms with Crippen LogP contribution in [-0.4, -0.2) is 72.4 Å². The fourth-order valence-electron chi connectivity index (χ4n) is 4.37. The Bertz CT molecular complexity index is 1050. The number of alkyl halides is 5. The maximum absolute atomic E-state index is 13.1. The van der Waals surface area contributed by atoms with Gasteiger partial charge in [0, 0.05) is 57.2 Å². The molecule has 2 aromatic heterocycles. The van der Waals surface area contributed by atoms with E-state index in [0.717, 1.165) is 37.2 Å². The Morgan fingerprint density at radius 1 is 1.13 bits per heavy atom. The molecule has 2 aromatic rings. The van der Waals surface area contributed by atoms with Crippen molar-refractivity contribution in [3.8, 4) is 5.88 Å². The van der Waals surface area contributed by atoms with Gasteiger partial charge in [-0.25, -0.2) is 13.8 Å². The Labute approximate surface area is 218 Å². The fraction of sp³-hybridized carbons (Fsp3) is 0.577. The maximum atomic E-state index is 13.1. The lowest BCUT2D eigenvalue weighted by Gasteiger charge is -2.24. The first kappa shape index (κ1) is 29.7. The number of hydrogen-bond donors (Lipinski definition) is 1. The molecule has 0 aromatic carbocycles. The standard InChI is InChI=1S/C26H33F5N4O3/c1-17(33-25(36)20-4-3-12-32-23(20)24(27)28)5-7-19(37-2)10-14-35-13-9-18-6-8-22(34-21(18)11-15-35)38-16-26(29,30)31/h3-4,6,8,12,17,19,24H,5,7,9-11,13-16H2,1-2H3,(H,33,36). The first-order chi connectivity index (χ1) is 18.1. The predicted molar refractivity (Wildman–Crippen MR) is 130 cm³/mol. The van der Waals surface area contributed by atoms with Crippen molar-refractivity contribution in [3.63, 3.8) is 0 Å². The molecule has 0 aliphatic carbocycles. The molecule has 2 atom stereocenters. The van der Waals surface area contributed by atoms with Crippen molar-refractivity contribution in [2.45, 2.75) is 63.8 Å². The van der Waals surface area contributed by atoms with Gasteiger partial charge in [-0.3, -0.25) is 9.78 Å². The number of amides is 1. The van der Waals surface area contributed by atoms with E-state index in [9.17, 15) is 26.7 Å². The van der Waals surface area contributed by atoms with Crippen molar-refractivity contribution >= 4 is 5.91 Å². The monoisotopic (exact) mass is 544 g/mol. The Morgan fingerprint density at radius 2 is 1.89 bits per heavy atom. The number of fused-ring (bicyclic) bond motifs is 1. The third-order valence-corrected chi connectivity index (χ3v) is 6.48. The van der Waals surface area contributed by atoms with E-state index in [1.165, 1.54) is 24.4 Å². The zero-order chi connectivity index (χ0) is 27.7. The van der Waals surface area contributed by atoms with Crippen LogP contribution >= 0.6 is 0 Å². The van der Waals surface area contributed by atoms with Crippen LogP contribution in [-0.2, 0) is 17.6 Å². The van der Waals surface area contributed by atoms with Gasteiger partial charge in [-0.15, -0.1) is 0 Å². The second kappa shape index (κ2) is 13.8. The number of rotatable bonds is 12. The number of hydrogen-bond acceptors (Lipinski definition) is 6. The van der Waals surface area contributed by atoms with Gasteiger partial charge in [0.25, 0.3) is 12.3 Å². The molecule has 0 radical (unpaired) electrons. The zero-order valence-electron chi connectivity index (χ0n) is 21.4. The molecule has 0 fully saturated rings. The average Bonchev–Trinajstić information content (AvgIpc) is 3.09. The molecule has 3 rings (SSSR count). The molecule has 0 bridgehead atoms. The highest BCUT2D eigenvalue weighted by Crippen LogP contribution is 2.22. The van der Waals surface area contributed by atoms with Crippen LogP contribution in [0.5, 0.6) is 5.88 Å². The Balaban J connectivity index is 1.43. The van der Waals surface area contributed by atoms with E-state index in [1.807, 2.05) is 6.92 Å². The van der Waals surface area contributed by atoms with Crippen LogP contribution in [0.4, 0.5) is 22.0 Å². The van der Waals surface area contributed by atoms with E-state index >= 15 is 0 Å². The van der Waals surface area contributed by atoms with Gasteiger partial charge >= 0.3 is 6.18 Å². The average molecular weight is 545 g/mol. The predicted octanol–water partition coefficient (Wildman–Crippen LogP) is 4.76. The Hall–Kier alpha value is -2.86. The molecule has 0 spiro atoms. The molecular formula is C26H33F5N4O3. The first-order valence-corrected chi connectivity index (χ1v) is 12.5. The number of halogens is 5. The van der Waals surface area contributed by atoms with Crippen molar-refractivity contribution in [3.05, 3.63) is 53.0 Å². The van der Waals surface area contributed by atoms with Crippen LogP contribution < -0.4 is 10.1 Å². The van der Waals surface area contributed by atoms with E-state index in [2.05, 4.69) is 20.2 Å². The third kappa shape index (κ3) is 9.16. The Morgan fingerprint density at radius 3 is 2.61 bits per heavy atom. The zero-order valence-corrected chi connectivity index (χ0v) is 21.4. The van der Waals surface area contributed by atoms with Crippen LogP contribution in [0, 0.1) is 0 Å². The highest BCUT2D eigenvalue weighted by atomic mass is 19.4. The summed E-state index contributed by atoms with van der Waals surface area (Å²) >= 11 is 0.